The predicted octanol–water partition coefficient (Wildman–Crippen LogP) is 0.0912. The van der Waals surface area contributed by atoms with Crippen LogP contribution in [0.1, 0.15) is 0 Å². The molecule has 1 amide bonds. The molecule has 0 heterocycles. The SMILES string of the molecule is C=C[CH]NC(=O)C(=C)C(=O)O. The zero-order valence-corrected chi connectivity index (χ0v) is 5.83. The first-order chi connectivity index (χ1) is 5.09. The maximum absolute atomic E-state index is 10.7. The van der Waals surface area contributed by atoms with Crippen molar-refractivity contribution in [2.45, 2.75) is 0 Å². The summed E-state index contributed by atoms with van der Waals surface area (Å²) in [5.41, 5.74) is -0.497. The summed E-state index contributed by atoms with van der Waals surface area (Å²) in [5.74, 6) is -2.07. The first-order valence-electron chi connectivity index (χ1n) is 2.77. The number of amides is 1. The van der Waals surface area contributed by atoms with Gasteiger partial charge in [-0.2, -0.15) is 0 Å². The molecule has 0 fully saturated rings. The number of nitrogens with one attached hydrogen (secondary N) is 1. The predicted molar refractivity (Wildman–Crippen MR) is 39.4 cm³/mol. The van der Waals surface area contributed by atoms with Gasteiger partial charge in [-0.3, -0.25) is 4.79 Å². The van der Waals surface area contributed by atoms with Crippen LogP contribution in [0.5, 0.6) is 0 Å². The number of rotatable bonds is 4. The molecule has 0 aliphatic carbocycles. The van der Waals surface area contributed by atoms with Crippen LogP contribution in [0.4, 0.5) is 0 Å². The van der Waals surface area contributed by atoms with Gasteiger partial charge in [0.2, 0.25) is 0 Å². The number of carboxylic acids is 1. The quantitative estimate of drug-likeness (QED) is 0.342. The number of carbonyl (C=O) groups is 2. The van der Waals surface area contributed by atoms with E-state index < -0.39 is 17.4 Å². The van der Waals surface area contributed by atoms with Crippen LogP contribution in [0.25, 0.3) is 0 Å². The highest BCUT2D eigenvalue weighted by Gasteiger charge is 2.12. The Morgan fingerprint density at radius 2 is 2.00 bits per heavy atom. The molecule has 0 aromatic rings. The lowest BCUT2D eigenvalue weighted by molar-refractivity contribution is -0.134. The molecule has 0 saturated carbocycles. The fraction of sp³-hybridized carbons (Fsp3) is 0. The third-order valence-corrected chi connectivity index (χ3v) is 0.865. The summed E-state index contributed by atoms with van der Waals surface area (Å²) in [6.07, 6.45) is 1.33. The summed E-state index contributed by atoms with van der Waals surface area (Å²) in [5, 5.41) is 10.4. The summed E-state index contributed by atoms with van der Waals surface area (Å²) in [6, 6.07) is 0. The lowest BCUT2D eigenvalue weighted by Crippen LogP contribution is -2.24. The van der Waals surface area contributed by atoms with Crippen LogP contribution in [0, 0.1) is 6.54 Å². The molecule has 0 aliphatic heterocycles. The zero-order chi connectivity index (χ0) is 8.85. The van der Waals surface area contributed by atoms with Crippen molar-refractivity contribution in [1.29, 1.82) is 0 Å². The van der Waals surface area contributed by atoms with E-state index >= 15 is 0 Å². The highest BCUT2D eigenvalue weighted by atomic mass is 16.4. The number of hydrogen-bond acceptors (Lipinski definition) is 2. The third kappa shape index (κ3) is 3.20. The molecule has 0 aliphatic rings. The Morgan fingerprint density at radius 3 is 2.36 bits per heavy atom. The molecular formula is C7H8NO3. The number of hydrogen-bond donors (Lipinski definition) is 2. The Bertz CT molecular complexity index is 208. The van der Waals surface area contributed by atoms with E-state index in [1.165, 1.54) is 12.6 Å². The second kappa shape index (κ2) is 4.27. The second-order valence-corrected chi connectivity index (χ2v) is 1.66. The average Bonchev–Trinajstić information content (AvgIpc) is 1.98. The van der Waals surface area contributed by atoms with Crippen molar-refractivity contribution in [1.82, 2.24) is 5.32 Å². The maximum Gasteiger partial charge on any atom is 0.340 e. The van der Waals surface area contributed by atoms with E-state index in [1.807, 2.05) is 0 Å². The molecule has 0 aromatic carbocycles. The molecule has 0 aromatic heterocycles. The van der Waals surface area contributed by atoms with E-state index in [1.54, 1.807) is 0 Å². The first-order valence-corrected chi connectivity index (χ1v) is 2.77. The minimum absolute atomic E-state index is 0.497. The molecule has 2 N–H and O–H groups in total. The molecule has 11 heavy (non-hydrogen) atoms. The van der Waals surface area contributed by atoms with Crippen molar-refractivity contribution in [2.75, 3.05) is 0 Å². The highest BCUT2D eigenvalue weighted by molar-refractivity contribution is 6.15. The van der Waals surface area contributed by atoms with Crippen molar-refractivity contribution in [3.05, 3.63) is 31.4 Å². The minimum atomic E-state index is -1.33. The van der Waals surface area contributed by atoms with Crippen LogP contribution in [0.2, 0.25) is 0 Å². The molecule has 4 nitrogen and oxygen atoms in total. The van der Waals surface area contributed by atoms with Crippen molar-refractivity contribution in [3.63, 3.8) is 0 Å². The van der Waals surface area contributed by atoms with Crippen molar-refractivity contribution in [2.24, 2.45) is 0 Å². The lowest BCUT2D eigenvalue weighted by Gasteiger charge is -1.98. The summed E-state index contributed by atoms with van der Waals surface area (Å²) >= 11 is 0. The van der Waals surface area contributed by atoms with Gasteiger partial charge in [0.25, 0.3) is 5.91 Å². The molecule has 0 rings (SSSR count). The van der Waals surface area contributed by atoms with Crippen LogP contribution in [0.3, 0.4) is 0 Å². The summed E-state index contributed by atoms with van der Waals surface area (Å²) < 4.78 is 0. The van der Waals surface area contributed by atoms with E-state index in [4.69, 9.17) is 5.11 Å². The van der Waals surface area contributed by atoms with Gasteiger partial charge < -0.3 is 10.4 Å². The fourth-order valence-electron chi connectivity index (χ4n) is 0.319. The summed E-state index contributed by atoms with van der Waals surface area (Å²) in [4.78, 5) is 20.8. The molecule has 0 bridgehead atoms. The minimum Gasteiger partial charge on any atom is -0.478 e. The molecule has 0 atom stereocenters. The zero-order valence-electron chi connectivity index (χ0n) is 5.83. The topological polar surface area (TPSA) is 66.4 Å². The third-order valence-electron chi connectivity index (χ3n) is 0.865. The smallest absolute Gasteiger partial charge is 0.340 e. The number of carboxylic acid groups (broad SMARTS) is 1. The van der Waals surface area contributed by atoms with Gasteiger partial charge in [-0.05, 0) is 0 Å². The Kier molecular flexibility index (Phi) is 3.66. The lowest BCUT2D eigenvalue weighted by atomic mass is 10.3. The second-order valence-electron chi connectivity index (χ2n) is 1.66. The molecule has 0 unspecified atom stereocenters. The van der Waals surface area contributed by atoms with Crippen LogP contribution in [0.15, 0.2) is 24.8 Å². The average molecular weight is 154 g/mol. The van der Waals surface area contributed by atoms with Crippen LogP contribution < -0.4 is 5.32 Å². The van der Waals surface area contributed by atoms with Gasteiger partial charge in [0, 0.05) is 0 Å². The van der Waals surface area contributed by atoms with Gasteiger partial charge >= 0.3 is 5.97 Å². The van der Waals surface area contributed by atoms with Crippen LogP contribution in [-0.2, 0) is 9.59 Å². The van der Waals surface area contributed by atoms with E-state index in [-0.39, 0.29) is 0 Å². The van der Waals surface area contributed by atoms with Crippen LogP contribution in [-0.4, -0.2) is 17.0 Å². The largest absolute Gasteiger partial charge is 0.478 e. The molecular weight excluding hydrogens is 146 g/mol. The first kappa shape index (κ1) is 9.42. The highest BCUT2D eigenvalue weighted by Crippen LogP contribution is 1.89. The van der Waals surface area contributed by atoms with E-state index in [9.17, 15) is 9.59 Å². The molecule has 1 radical (unpaired) electrons. The Labute approximate surface area is 64.2 Å². The maximum atomic E-state index is 10.7. The summed E-state index contributed by atoms with van der Waals surface area (Å²) in [7, 11) is 0. The van der Waals surface area contributed by atoms with Crippen LogP contribution >= 0.6 is 0 Å². The van der Waals surface area contributed by atoms with E-state index in [0.29, 0.717) is 0 Å². The fourth-order valence-corrected chi connectivity index (χ4v) is 0.319. The molecule has 4 heteroatoms. The summed E-state index contributed by atoms with van der Waals surface area (Å²) in [6.45, 7) is 7.56. The monoisotopic (exact) mass is 154 g/mol. The van der Waals surface area contributed by atoms with E-state index in [2.05, 4.69) is 18.5 Å². The molecule has 0 spiro atoms. The standard InChI is InChI=1S/C7H8NO3/c1-3-4-8-6(9)5(2)7(10)11/h3-4H,1-2H2,(H,8,9)(H,10,11). The normalized spacial score (nSPS) is 8.36. The molecule has 59 valence electrons. The van der Waals surface area contributed by atoms with Crippen molar-refractivity contribution >= 4 is 11.9 Å². The van der Waals surface area contributed by atoms with Gasteiger partial charge in [0.15, 0.2) is 0 Å². The number of carbonyl (C=O) groups excluding carboxylic acids is 1. The Balaban J connectivity index is 3.94. The Morgan fingerprint density at radius 1 is 1.45 bits per heavy atom. The molecule has 0 saturated heterocycles. The number of aliphatic carboxylic acids is 1. The van der Waals surface area contributed by atoms with Gasteiger partial charge in [-0.25, -0.2) is 4.79 Å². The van der Waals surface area contributed by atoms with Gasteiger partial charge in [0.05, 0.1) is 6.54 Å². The van der Waals surface area contributed by atoms with Gasteiger partial charge in [0.1, 0.15) is 5.57 Å². The van der Waals surface area contributed by atoms with Crippen molar-refractivity contribution in [3.8, 4) is 0 Å². The van der Waals surface area contributed by atoms with Gasteiger partial charge in [-0.15, -0.1) is 6.58 Å². The van der Waals surface area contributed by atoms with E-state index in [0.717, 1.165) is 0 Å². The van der Waals surface area contributed by atoms with Gasteiger partial charge in [-0.1, -0.05) is 12.7 Å². The van der Waals surface area contributed by atoms with Crippen molar-refractivity contribution < 1.29 is 14.7 Å². The Hall–Kier alpha value is -1.58.